The van der Waals surface area contributed by atoms with Crippen LogP contribution in [-0.2, 0) is 14.3 Å². The van der Waals surface area contributed by atoms with Crippen molar-refractivity contribution in [3.63, 3.8) is 0 Å². The molecule has 1 unspecified atom stereocenters. The molecule has 2 rings (SSSR count). The van der Waals surface area contributed by atoms with Crippen molar-refractivity contribution in [3.05, 3.63) is 42.0 Å². The second kappa shape index (κ2) is 4.28. The van der Waals surface area contributed by atoms with Crippen molar-refractivity contribution < 1.29 is 14.3 Å². The highest BCUT2D eigenvalue weighted by Crippen LogP contribution is 2.20. The fraction of sp³-hybridized carbons (Fsp3) is 0.250. The minimum Gasteiger partial charge on any atom is -0.490 e. The Morgan fingerprint density at radius 2 is 2.07 bits per heavy atom. The van der Waals surface area contributed by atoms with E-state index in [1.165, 1.54) is 13.2 Å². The molecule has 78 valence electrons. The van der Waals surface area contributed by atoms with E-state index in [9.17, 15) is 4.79 Å². The molecule has 1 aliphatic rings. The molecule has 15 heavy (non-hydrogen) atoms. The van der Waals surface area contributed by atoms with Gasteiger partial charge in [-0.05, 0) is 0 Å². The Morgan fingerprint density at radius 3 is 2.67 bits per heavy atom. The van der Waals surface area contributed by atoms with E-state index in [0.717, 1.165) is 5.56 Å². The van der Waals surface area contributed by atoms with Crippen LogP contribution in [0.15, 0.2) is 36.4 Å². The van der Waals surface area contributed by atoms with Crippen LogP contribution in [0.2, 0.25) is 0 Å². The van der Waals surface area contributed by atoms with E-state index >= 15 is 0 Å². The molecular formula is C12H12O3. The largest absolute Gasteiger partial charge is 0.490 e. The van der Waals surface area contributed by atoms with E-state index < -0.39 is 6.10 Å². The summed E-state index contributed by atoms with van der Waals surface area (Å²) in [5, 5.41) is 0. The molecule has 0 spiro atoms. The highest BCUT2D eigenvalue weighted by Gasteiger charge is 2.23. The Kier molecular flexibility index (Phi) is 2.83. The van der Waals surface area contributed by atoms with Crippen LogP contribution in [0.4, 0.5) is 0 Å². The number of ether oxygens (including phenoxy) is 2. The van der Waals surface area contributed by atoms with Crippen molar-refractivity contribution in [2.24, 2.45) is 0 Å². The summed E-state index contributed by atoms with van der Waals surface area (Å²) in [7, 11) is 1.51. The van der Waals surface area contributed by atoms with Crippen molar-refractivity contribution in [1.82, 2.24) is 0 Å². The lowest BCUT2D eigenvalue weighted by Crippen LogP contribution is -2.30. The first-order valence-electron chi connectivity index (χ1n) is 4.78. The normalized spacial score (nSPS) is 20.7. The zero-order chi connectivity index (χ0) is 10.7. The van der Waals surface area contributed by atoms with Gasteiger partial charge in [0.2, 0.25) is 0 Å². The zero-order valence-electron chi connectivity index (χ0n) is 8.47. The van der Waals surface area contributed by atoms with Gasteiger partial charge >= 0.3 is 0 Å². The topological polar surface area (TPSA) is 35.5 Å². The van der Waals surface area contributed by atoms with Gasteiger partial charge in [-0.1, -0.05) is 30.3 Å². The number of hydrogen-bond donors (Lipinski definition) is 0. The lowest BCUT2D eigenvalue weighted by Gasteiger charge is -2.20. The molecule has 0 N–H and O–H groups in total. The molecule has 0 aliphatic carbocycles. The van der Waals surface area contributed by atoms with Crippen LogP contribution < -0.4 is 0 Å². The maximum atomic E-state index is 11.5. The summed E-state index contributed by atoms with van der Waals surface area (Å²) in [5.74, 6) is 0.580. The Hall–Kier alpha value is -1.61. The Labute approximate surface area is 88.3 Å². The van der Waals surface area contributed by atoms with Gasteiger partial charge in [0.15, 0.2) is 11.9 Å². The van der Waals surface area contributed by atoms with E-state index in [4.69, 9.17) is 9.47 Å². The van der Waals surface area contributed by atoms with E-state index in [0.29, 0.717) is 5.76 Å². The summed E-state index contributed by atoms with van der Waals surface area (Å²) in [6.45, 7) is 0.288. The molecule has 0 fully saturated rings. The van der Waals surface area contributed by atoms with Gasteiger partial charge in [0, 0.05) is 18.7 Å². The fourth-order valence-corrected chi connectivity index (χ4v) is 1.46. The monoisotopic (exact) mass is 204 g/mol. The average Bonchev–Trinajstić information content (AvgIpc) is 2.30. The molecule has 0 amide bonds. The molecule has 1 aliphatic heterocycles. The summed E-state index contributed by atoms with van der Waals surface area (Å²) in [4.78, 5) is 11.5. The van der Waals surface area contributed by atoms with Crippen LogP contribution in [0.1, 0.15) is 5.56 Å². The summed E-state index contributed by atoms with van der Waals surface area (Å²) in [6, 6.07) is 9.56. The molecule has 1 atom stereocenters. The third-order valence-electron chi connectivity index (χ3n) is 2.32. The number of carbonyl (C=O) groups excluding carboxylic acids is 1. The van der Waals surface area contributed by atoms with Crippen LogP contribution in [0.5, 0.6) is 0 Å². The molecule has 3 nitrogen and oxygen atoms in total. The molecule has 0 aromatic heterocycles. The van der Waals surface area contributed by atoms with Crippen LogP contribution in [0.25, 0.3) is 5.76 Å². The highest BCUT2D eigenvalue weighted by molar-refractivity contribution is 6.00. The Balaban J connectivity index is 2.23. The van der Waals surface area contributed by atoms with Gasteiger partial charge in [-0.15, -0.1) is 0 Å². The van der Waals surface area contributed by atoms with Gasteiger partial charge in [-0.3, -0.25) is 4.79 Å². The van der Waals surface area contributed by atoms with E-state index in [-0.39, 0.29) is 12.4 Å². The van der Waals surface area contributed by atoms with Crippen molar-refractivity contribution in [2.45, 2.75) is 6.10 Å². The number of carbonyl (C=O) groups is 1. The molecular weight excluding hydrogens is 192 g/mol. The number of hydrogen-bond acceptors (Lipinski definition) is 3. The molecule has 1 aromatic rings. The highest BCUT2D eigenvalue weighted by atomic mass is 16.5. The van der Waals surface area contributed by atoms with Crippen LogP contribution in [0.3, 0.4) is 0 Å². The minimum atomic E-state index is -0.461. The molecule has 0 saturated heterocycles. The van der Waals surface area contributed by atoms with E-state index in [2.05, 4.69) is 0 Å². The summed E-state index contributed by atoms with van der Waals surface area (Å²) in [6.07, 6.45) is 1.03. The van der Waals surface area contributed by atoms with Gasteiger partial charge in [0.1, 0.15) is 12.4 Å². The molecule has 0 bridgehead atoms. The van der Waals surface area contributed by atoms with Gasteiger partial charge in [0.05, 0.1) is 0 Å². The smallest absolute Gasteiger partial charge is 0.191 e. The van der Waals surface area contributed by atoms with Crippen LogP contribution in [-0.4, -0.2) is 25.6 Å². The second-order valence-electron chi connectivity index (χ2n) is 3.31. The van der Waals surface area contributed by atoms with Crippen molar-refractivity contribution in [3.8, 4) is 0 Å². The molecule has 0 radical (unpaired) electrons. The van der Waals surface area contributed by atoms with Crippen LogP contribution in [0, 0.1) is 0 Å². The fourth-order valence-electron chi connectivity index (χ4n) is 1.46. The number of methoxy groups -OCH3 is 1. The predicted octanol–water partition coefficient (Wildman–Crippen LogP) is 1.64. The lowest BCUT2D eigenvalue weighted by atomic mass is 10.1. The number of benzene rings is 1. The SMILES string of the molecule is COC1COC(c2ccccc2)=CC1=O. The Bertz CT molecular complexity index is 381. The number of rotatable bonds is 2. The summed E-state index contributed by atoms with van der Waals surface area (Å²) >= 11 is 0. The lowest BCUT2D eigenvalue weighted by molar-refractivity contribution is -0.127. The summed E-state index contributed by atoms with van der Waals surface area (Å²) < 4.78 is 10.4. The van der Waals surface area contributed by atoms with E-state index in [1.807, 2.05) is 30.3 Å². The van der Waals surface area contributed by atoms with Gasteiger partial charge in [-0.25, -0.2) is 0 Å². The third-order valence-corrected chi connectivity index (χ3v) is 2.32. The first-order valence-corrected chi connectivity index (χ1v) is 4.78. The molecule has 1 aromatic carbocycles. The molecule has 1 heterocycles. The maximum Gasteiger partial charge on any atom is 0.191 e. The van der Waals surface area contributed by atoms with Gasteiger partial charge in [0.25, 0.3) is 0 Å². The quantitative estimate of drug-likeness (QED) is 0.734. The molecule has 0 saturated carbocycles. The van der Waals surface area contributed by atoms with Crippen molar-refractivity contribution in [1.29, 1.82) is 0 Å². The summed E-state index contributed by atoms with van der Waals surface area (Å²) in [5.41, 5.74) is 0.917. The standard InChI is InChI=1S/C12H12O3/c1-14-12-8-15-11(7-10(12)13)9-5-3-2-4-6-9/h2-7,12H,8H2,1H3. The van der Waals surface area contributed by atoms with Gasteiger partial charge < -0.3 is 9.47 Å². The van der Waals surface area contributed by atoms with Crippen LogP contribution >= 0.6 is 0 Å². The predicted molar refractivity (Wildman–Crippen MR) is 56.2 cm³/mol. The Morgan fingerprint density at radius 1 is 1.33 bits per heavy atom. The first kappa shape index (κ1) is 9.93. The molecule has 3 heteroatoms. The van der Waals surface area contributed by atoms with E-state index in [1.54, 1.807) is 0 Å². The average molecular weight is 204 g/mol. The third kappa shape index (κ3) is 2.07. The second-order valence-corrected chi connectivity index (χ2v) is 3.31. The van der Waals surface area contributed by atoms with Crippen molar-refractivity contribution in [2.75, 3.05) is 13.7 Å². The number of ketones is 1. The maximum absolute atomic E-state index is 11.5. The minimum absolute atomic E-state index is 0.0393. The van der Waals surface area contributed by atoms with Crippen molar-refractivity contribution >= 4 is 11.5 Å². The first-order chi connectivity index (χ1) is 7.31. The zero-order valence-corrected chi connectivity index (χ0v) is 8.47. The van der Waals surface area contributed by atoms with Gasteiger partial charge in [-0.2, -0.15) is 0 Å².